The number of halogens is 1. The highest BCUT2D eigenvalue weighted by molar-refractivity contribution is 7.09. The molecule has 4 heterocycles. The fourth-order valence-corrected chi connectivity index (χ4v) is 6.56. The molecule has 3 atom stereocenters. The molecule has 2 fully saturated rings. The van der Waals surface area contributed by atoms with Crippen LogP contribution >= 0.6 is 11.3 Å². The molecule has 7 nitrogen and oxygen atoms in total. The summed E-state index contributed by atoms with van der Waals surface area (Å²) < 4.78 is 15.4. The number of pyridine rings is 2. The maximum absolute atomic E-state index is 13.8. The monoisotopic (exact) mass is 528 g/mol. The first-order valence-corrected chi connectivity index (χ1v) is 13.8. The van der Waals surface area contributed by atoms with Gasteiger partial charge in [0.05, 0.1) is 27.9 Å². The van der Waals surface area contributed by atoms with Crippen molar-refractivity contribution >= 4 is 33.9 Å². The second kappa shape index (κ2) is 9.61. The highest BCUT2D eigenvalue weighted by atomic mass is 32.1. The molecule has 38 heavy (non-hydrogen) atoms. The molecular formula is C29H29FN6OS. The van der Waals surface area contributed by atoms with Crippen molar-refractivity contribution in [2.75, 3.05) is 18.0 Å². The number of aromatic nitrogens is 3. The summed E-state index contributed by atoms with van der Waals surface area (Å²) in [5.41, 5.74) is 4.06. The van der Waals surface area contributed by atoms with Crippen LogP contribution in [0.1, 0.15) is 54.9 Å². The van der Waals surface area contributed by atoms with Crippen LogP contribution < -0.4 is 10.5 Å². The number of thiazole rings is 1. The highest BCUT2D eigenvalue weighted by Gasteiger charge is 2.38. The Bertz CT molecular complexity index is 1600. The quantitative estimate of drug-likeness (QED) is 0.314. The largest absolute Gasteiger partial charge is 0.362 e. The van der Waals surface area contributed by atoms with Gasteiger partial charge >= 0.3 is 0 Å². The lowest BCUT2D eigenvalue weighted by molar-refractivity contribution is 0.128. The van der Waals surface area contributed by atoms with E-state index < -0.39 is 0 Å². The highest BCUT2D eigenvalue weighted by Crippen LogP contribution is 2.43. The fourth-order valence-electron chi connectivity index (χ4n) is 5.55. The minimum absolute atomic E-state index is 0.0596. The van der Waals surface area contributed by atoms with E-state index in [2.05, 4.69) is 38.9 Å². The molecule has 1 aliphatic carbocycles. The lowest BCUT2D eigenvalue weighted by Crippen LogP contribution is -2.57. The molecule has 2 aliphatic rings. The molecule has 6 rings (SSSR count). The molecule has 0 radical (unpaired) electrons. The van der Waals surface area contributed by atoms with Gasteiger partial charge in [0, 0.05) is 49.6 Å². The maximum Gasteiger partial charge on any atom is 0.270 e. The molecule has 4 aromatic rings. The second-order valence-electron chi connectivity index (χ2n) is 10.5. The van der Waals surface area contributed by atoms with Crippen LogP contribution in [-0.4, -0.2) is 44.6 Å². The first kappa shape index (κ1) is 24.7. The Balaban J connectivity index is 1.38. The molecule has 0 spiro atoms. The minimum Gasteiger partial charge on any atom is -0.362 e. The van der Waals surface area contributed by atoms with E-state index in [-0.39, 0.29) is 29.5 Å². The molecule has 3 aromatic heterocycles. The van der Waals surface area contributed by atoms with Crippen LogP contribution in [0.25, 0.3) is 15.9 Å². The van der Waals surface area contributed by atoms with E-state index in [1.807, 2.05) is 12.1 Å². The third-order valence-electron chi connectivity index (χ3n) is 7.78. The Hall–Kier alpha value is -3.61. The fraction of sp³-hybridized carbons (Fsp3) is 0.379. The molecule has 0 bridgehead atoms. The number of aryl methyl sites for hydroxylation is 1. The standard InChI is InChI=1S/C29H29FN6OS/c1-17-15-36(28(19-7-9-21(30)10-8-19)22-16-38-29(32-22)20-5-6-20)18(2)14-35(17)24-13-26(37)34(4)23-11-12-25(31-3)33-27(23)24/h7-13,16-18,20,28H,5-6,14-15H2,1-2,4H3/t17-,18+,28?/m0/s1. The molecule has 9 heteroatoms. The van der Waals surface area contributed by atoms with Crippen LogP contribution in [0.3, 0.4) is 0 Å². The Morgan fingerprint density at radius 1 is 1.08 bits per heavy atom. The Morgan fingerprint density at radius 3 is 2.55 bits per heavy atom. The van der Waals surface area contributed by atoms with Gasteiger partial charge in [-0.1, -0.05) is 18.7 Å². The van der Waals surface area contributed by atoms with E-state index >= 15 is 0 Å². The predicted octanol–water partition coefficient (Wildman–Crippen LogP) is 5.65. The van der Waals surface area contributed by atoms with Gasteiger partial charge < -0.3 is 14.3 Å². The number of piperazine rings is 1. The zero-order valence-electron chi connectivity index (χ0n) is 21.6. The van der Waals surface area contributed by atoms with Gasteiger partial charge in [-0.3, -0.25) is 9.69 Å². The van der Waals surface area contributed by atoms with Crippen LogP contribution in [0, 0.1) is 12.4 Å². The van der Waals surface area contributed by atoms with Gasteiger partial charge in [-0.25, -0.2) is 9.37 Å². The summed E-state index contributed by atoms with van der Waals surface area (Å²) in [7, 11) is 1.73. The third-order valence-corrected chi connectivity index (χ3v) is 8.80. The summed E-state index contributed by atoms with van der Waals surface area (Å²) in [6.07, 6.45) is 2.40. The zero-order valence-corrected chi connectivity index (χ0v) is 22.5. The summed E-state index contributed by atoms with van der Waals surface area (Å²) in [6, 6.07) is 11.9. The molecule has 1 saturated carbocycles. The molecule has 0 N–H and O–H groups in total. The van der Waals surface area contributed by atoms with E-state index in [0.29, 0.717) is 29.3 Å². The van der Waals surface area contributed by atoms with Crippen molar-refractivity contribution in [3.63, 3.8) is 0 Å². The summed E-state index contributed by atoms with van der Waals surface area (Å²) >= 11 is 1.73. The van der Waals surface area contributed by atoms with Gasteiger partial charge in [0.1, 0.15) is 5.82 Å². The van der Waals surface area contributed by atoms with Gasteiger partial charge in [-0.15, -0.1) is 16.3 Å². The Morgan fingerprint density at radius 2 is 1.84 bits per heavy atom. The van der Waals surface area contributed by atoms with Crippen molar-refractivity contribution in [2.24, 2.45) is 7.05 Å². The average Bonchev–Trinajstić information content (AvgIpc) is 3.66. The Labute approximate surface area is 225 Å². The third kappa shape index (κ3) is 4.38. The number of fused-ring (bicyclic) bond motifs is 1. The van der Waals surface area contributed by atoms with Crippen LogP contribution in [0.5, 0.6) is 0 Å². The number of anilines is 1. The van der Waals surface area contributed by atoms with E-state index in [4.69, 9.17) is 11.6 Å². The first-order valence-electron chi connectivity index (χ1n) is 13.0. The first-order chi connectivity index (χ1) is 18.3. The molecule has 1 saturated heterocycles. The second-order valence-corrected chi connectivity index (χ2v) is 11.4. The summed E-state index contributed by atoms with van der Waals surface area (Å²) in [5, 5.41) is 3.36. The van der Waals surface area contributed by atoms with Crippen molar-refractivity contribution < 1.29 is 4.39 Å². The number of hydrogen-bond donors (Lipinski definition) is 0. The Kier molecular flexibility index (Phi) is 6.25. The molecule has 1 aliphatic heterocycles. The zero-order chi connectivity index (χ0) is 26.6. The SMILES string of the molecule is [C-]#[N+]c1ccc2c(n1)c(N1C[C@@H](C)N(C(c3ccc(F)cc3)c3csc(C4CC4)n3)C[C@@H]1C)cc(=O)n2C. The van der Waals surface area contributed by atoms with Crippen LogP contribution in [0.4, 0.5) is 15.9 Å². The number of benzene rings is 1. The average molecular weight is 529 g/mol. The van der Waals surface area contributed by atoms with E-state index in [1.165, 1.54) is 30.0 Å². The van der Waals surface area contributed by atoms with Gasteiger partial charge in [0.2, 0.25) is 5.52 Å². The summed E-state index contributed by atoms with van der Waals surface area (Å²) in [6.45, 7) is 13.2. The maximum atomic E-state index is 13.8. The molecule has 0 amide bonds. The van der Waals surface area contributed by atoms with Crippen molar-refractivity contribution in [1.82, 2.24) is 19.4 Å². The van der Waals surface area contributed by atoms with Crippen LogP contribution in [0.2, 0.25) is 0 Å². The number of hydrogen-bond acceptors (Lipinski definition) is 6. The number of rotatable bonds is 5. The van der Waals surface area contributed by atoms with E-state index in [0.717, 1.165) is 23.5 Å². The van der Waals surface area contributed by atoms with Crippen molar-refractivity contribution in [2.45, 2.75) is 50.7 Å². The van der Waals surface area contributed by atoms with Crippen molar-refractivity contribution in [3.8, 4) is 0 Å². The molecule has 194 valence electrons. The van der Waals surface area contributed by atoms with E-state index in [1.54, 1.807) is 41.2 Å². The molecule has 1 unspecified atom stereocenters. The predicted molar refractivity (Wildman–Crippen MR) is 149 cm³/mol. The normalized spacial score (nSPS) is 21.0. The minimum atomic E-state index is -0.250. The van der Waals surface area contributed by atoms with E-state index in [9.17, 15) is 9.18 Å². The van der Waals surface area contributed by atoms with Crippen LogP contribution in [0.15, 0.2) is 52.6 Å². The van der Waals surface area contributed by atoms with Crippen LogP contribution in [-0.2, 0) is 7.05 Å². The van der Waals surface area contributed by atoms with Gasteiger partial charge in [-0.2, -0.15) is 0 Å². The van der Waals surface area contributed by atoms with Gasteiger partial charge in [0.25, 0.3) is 11.4 Å². The molecule has 1 aromatic carbocycles. The van der Waals surface area contributed by atoms with Gasteiger partial charge in [0.15, 0.2) is 0 Å². The number of nitrogens with zero attached hydrogens (tertiary/aromatic N) is 6. The van der Waals surface area contributed by atoms with Crippen molar-refractivity contribution in [3.05, 3.63) is 91.7 Å². The summed E-state index contributed by atoms with van der Waals surface area (Å²) in [4.78, 5) is 30.7. The van der Waals surface area contributed by atoms with Crippen molar-refractivity contribution in [1.29, 1.82) is 0 Å². The topological polar surface area (TPSA) is 58.6 Å². The lowest BCUT2D eigenvalue weighted by atomic mass is 9.97. The lowest BCUT2D eigenvalue weighted by Gasteiger charge is -2.48. The molecular weight excluding hydrogens is 499 g/mol. The summed E-state index contributed by atoms with van der Waals surface area (Å²) in [5.74, 6) is 0.639. The van der Waals surface area contributed by atoms with Gasteiger partial charge in [-0.05, 0) is 56.5 Å². The smallest absolute Gasteiger partial charge is 0.270 e.